The maximum absolute atomic E-state index is 12.7. The number of hydrogen-bond donors (Lipinski definition) is 3. The number of fused-ring (bicyclic) bond motifs is 1. The van der Waals surface area contributed by atoms with Crippen LogP contribution in [0.25, 0.3) is 5.65 Å². The molecule has 0 spiro atoms. The number of aromatic nitrogens is 6. The summed E-state index contributed by atoms with van der Waals surface area (Å²) in [5, 5.41) is 15.9. The minimum atomic E-state index is -4.59. The quantitative estimate of drug-likeness (QED) is 0.364. The average molecular weight is 509 g/mol. The fourth-order valence-corrected chi connectivity index (χ4v) is 4.12. The van der Waals surface area contributed by atoms with Crippen LogP contribution in [-0.4, -0.2) is 60.9 Å². The molecule has 190 valence electrons. The van der Waals surface area contributed by atoms with Gasteiger partial charge in [-0.05, 0) is 38.0 Å². The number of aromatic amines is 1. The van der Waals surface area contributed by atoms with Crippen LogP contribution in [-0.2, 0) is 6.18 Å². The number of piperazine rings is 1. The zero-order valence-corrected chi connectivity index (χ0v) is 19.8. The molecule has 5 rings (SSSR count). The number of carbonyl (C=O) groups is 1. The molecule has 1 aliphatic heterocycles. The van der Waals surface area contributed by atoms with Gasteiger partial charge >= 0.3 is 6.18 Å². The van der Waals surface area contributed by atoms with Crippen molar-refractivity contribution in [2.75, 3.05) is 23.3 Å². The van der Waals surface area contributed by atoms with Crippen LogP contribution in [0.1, 0.15) is 41.2 Å². The SMILES string of the molecule is C[C@@H]1CN(c2ccc3ncc(C#Cc4cncc(C(=O)Nc5cc(C(F)(F)F)[nH]n5)c4)n3n2)C[C@H](C)N1. The summed E-state index contributed by atoms with van der Waals surface area (Å²) in [6, 6.07) is 6.69. The molecule has 10 nitrogen and oxygen atoms in total. The van der Waals surface area contributed by atoms with Gasteiger partial charge in [0.25, 0.3) is 5.91 Å². The predicted molar refractivity (Wildman–Crippen MR) is 129 cm³/mol. The van der Waals surface area contributed by atoms with Gasteiger partial charge in [-0.1, -0.05) is 5.92 Å². The summed E-state index contributed by atoms with van der Waals surface area (Å²) in [6.07, 6.45) is -0.217. The first kappa shape index (κ1) is 24.3. The standard InChI is InChI=1S/C24H22F3N9O/c1-14-12-35(13-15(2)30-14)22-6-5-21-29-11-18(36(21)34-22)4-3-16-7-17(10-28-9-16)23(37)31-20-8-19(32-33-20)24(25,26)27/h5-11,14-15,30H,12-13H2,1-2H3,(H2,31,32,33,37)/t14-,15+. The summed E-state index contributed by atoms with van der Waals surface area (Å²) in [5.41, 5.74) is 0.684. The molecule has 2 atom stereocenters. The molecule has 0 bridgehead atoms. The lowest BCUT2D eigenvalue weighted by atomic mass is 10.1. The summed E-state index contributed by atoms with van der Waals surface area (Å²) in [6.45, 7) is 5.92. The molecule has 4 aromatic rings. The fourth-order valence-electron chi connectivity index (χ4n) is 4.12. The molecule has 0 saturated carbocycles. The maximum atomic E-state index is 12.7. The van der Waals surface area contributed by atoms with Crippen molar-refractivity contribution < 1.29 is 18.0 Å². The number of nitrogens with one attached hydrogen (secondary N) is 3. The van der Waals surface area contributed by atoms with Crippen molar-refractivity contribution in [1.82, 2.24) is 35.1 Å². The Hall–Kier alpha value is -4.44. The van der Waals surface area contributed by atoms with Crippen molar-refractivity contribution in [3.05, 3.63) is 65.4 Å². The summed E-state index contributed by atoms with van der Waals surface area (Å²) in [7, 11) is 0. The molecule has 0 radical (unpaired) electrons. The van der Waals surface area contributed by atoms with Gasteiger partial charge in [0.2, 0.25) is 0 Å². The zero-order valence-electron chi connectivity index (χ0n) is 19.8. The molecule has 13 heteroatoms. The Labute approximate surface area is 209 Å². The zero-order chi connectivity index (χ0) is 26.2. The van der Waals surface area contributed by atoms with Crippen LogP contribution < -0.4 is 15.5 Å². The number of anilines is 2. The second-order valence-electron chi connectivity index (χ2n) is 8.81. The first-order valence-corrected chi connectivity index (χ1v) is 11.4. The van der Waals surface area contributed by atoms with Crippen molar-refractivity contribution in [2.45, 2.75) is 32.1 Å². The highest BCUT2D eigenvalue weighted by Crippen LogP contribution is 2.28. The molecule has 37 heavy (non-hydrogen) atoms. The van der Waals surface area contributed by atoms with Crippen molar-refractivity contribution in [3.8, 4) is 11.8 Å². The molecule has 0 unspecified atom stereocenters. The topological polar surface area (TPSA) is 116 Å². The first-order valence-electron chi connectivity index (χ1n) is 11.4. The lowest BCUT2D eigenvalue weighted by Crippen LogP contribution is -2.54. The van der Waals surface area contributed by atoms with Gasteiger partial charge in [0.15, 0.2) is 11.5 Å². The van der Waals surface area contributed by atoms with Gasteiger partial charge in [-0.25, -0.2) is 9.50 Å². The van der Waals surface area contributed by atoms with Crippen LogP contribution in [0.5, 0.6) is 0 Å². The number of imidazole rings is 1. The third-order valence-corrected chi connectivity index (χ3v) is 5.69. The monoisotopic (exact) mass is 509 g/mol. The van der Waals surface area contributed by atoms with E-state index in [-0.39, 0.29) is 11.4 Å². The largest absolute Gasteiger partial charge is 0.432 e. The van der Waals surface area contributed by atoms with Crippen LogP contribution in [0.15, 0.2) is 42.9 Å². The highest BCUT2D eigenvalue weighted by Gasteiger charge is 2.33. The van der Waals surface area contributed by atoms with Gasteiger partial charge in [-0.2, -0.15) is 18.3 Å². The van der Waals surface area contributed by atoms with E-state index in [1.54, 1.807) is 10.7 Å². The van der Waals surface area contributed by atoms with Crippen molar-refractivity contribution >= 4 is 23.2 Å². The molecule has 1 fully saturated rings. The third-order valence-electron chi connectivity index (χ3n) is 5.69. The fraction of sp³-hybridized carbons (Fsp3) is 0.292. The predicted octanol–water partition coefficient (Wildman–Crippen LogP) is 2.70. The van der Waals surface area contributed by atoms with E-state index in [4.69, 9.17) is 5.10 Å². The Balaban J connectivity index is 1.35. The molecule has 0 aliphatic carbocycles. The Morgan fingerprint density at radius 3 is 2.62 bits per heavy atom. The normalized spacial score (nSPS) is 17.9. The molecule has 0 aromatic carbocycles. The molecule has 1 aliphatic rings. The Kier molecular flexibility index (Phi) is 6.26. The molecule has 4 aromatic heterocycles. The van der Waals surface area contributed by atoms with E-state index in [1.165, 1.54) is 18.5 Å². The van der Waals surface area contributed by atoms with Crippen LogP contribution in [0.4, 0.5) is 24.8 Å². The van der Waals surface area contributed by atoms with E-state index in [0.717, 1.165) is 18.9 Å². The maximum Gasteiger partial charge on any atom is 0.432 e. The first-order chi connectivity index (χ1) is 17.7. The Morgan fingerprint density at radius 2 is 1.89 bits per heavy atom. The van der Waals surface area contributed by atoms with E-state index in [1.807, 2.05) is 17.2 Å². The lowest BCUT2D eigenvalue weighted by molar-refractivity contribution is -0.141. The number of H-pyrrole nitrogens is 1. The summed E-state index contributed by atoms with van der Waals surface area (Å²) in [5.74, 6) is 5.85. The van der Waals surface area contributed by atoms with Crippen molar-refractivity contribution in [1.29, 1.82) is 0 Å². The van der Waals surface area contributed by atoms with E-state index in [9.17, 15) is 18.0 Å². The highest BCUT2D eigenvalue weighted by molar-refractivity contribution is 6.03. The number of rotatable bonds is 3. The minimum absolute atomic E-state index is 0.115. The van der Waals surface area contributed by atoms with E-state index in [0.29, 0.717) is 35.1 Å². The van der Waals surface area contributed by atoms with Gasteiger partial charge in [0.1, 0.15) is 17.2 Å². The van der Waals surface area contributed by atoms with Gasteiger partial charge in [0.05, 0.1) is 11.8 Å². The lowest BCUT2D eigenvalue weighted by Gasteiger charge is -2.36. The Morgan fingerprint density at radius 1 is 1.11 bits per heavy atom. The molecular formula is C24H22F3N9O. The minimum Gasteiger partial charge on any atom is -0.352 e. The van der Waals surface area contributed by atoms with Gasteiger partial charge < -0.3 is 15.5 Å². The molecular weight excluding hydrogens is 487 g/mol. The smallest absolute Gasteiger partial charge is 0.352 e. The second-order valence-corrected chi connectivity index (χ2v) is 8.81. The van der Waals surface area contributed by atoms with E-state index >= 15 is 0 Å². The summed E-state index contributed by atoms with van der Waals surface area (Å²) < 4.78 is 39.9. The van der Waals surface area contributed by atoms with Gasteiger partial charge in [-0.15, -0.1) is 5.10 Å². The van der Waals surface area contributed by atoms with Gasteiger partial charge in [0, 0.05) is 49.2 Å². The molecule has 1 amide bonds. The number of halogens is 3. The van der Waals surface area contributed by atoms with E-state index < -0.39 is 17.8 Å². The number of pyridine rings is 1. The van der Waals surface area contributed by atoms with Crippen molar-refractivity contribution in [2.24, 2.45) is 0 Å². The van der Waals surface area contributed by atoms with Crippen molar-refractivity contribution in [3.63, 3.8) is 0 Å². The number of nitrogens with zero attached hydrogens (tertiary/aromatic N) is 6. The highest BCUT2D eigenvalue weighted by atomic mass is 19.4. The van der Waals surface area contributed by atoms with Crippen LogP contribution in [0.3, 0.4) is 0 Å². The van der Waals surface area contributed by atoms with Crippen LogP contribution >= 0.6 is 0 Å². The Bertz CT molecular complexity index is 1500. The second kappa shape index (κ2) is 9.55. The molecule has 3 N–H and O–H groups in total. The molecule has 5 heterocycles. The summed E-state index contributed by atoms with van der Waals surface area (Å²) >= 11 is 0. The number of carbonyl (C=O) groups excluding carboxylic acids is 1. The molecule has 1 saturated heterocycles. The van der Waals surface area contributed by atoms with Gasteiger partial charge in [-0.3, -0.25) is 14.9 Å². The summed E-state index contributed by atoms with van der Waals surface area (Å²) in [4.78, 5) is 23.1. The van der Waals surface area contributed by atoms with Crippen LogP contribution in [0.2, 0.25) is 0 Å². The average Bonchev–Trinajstić information content (AvgIpc) is 3.49. The van der Waals surface area contributed by atoms with Crippen LogP contribution in [0, 0.1) is 11.8 Å². The number of alkyl halides is 3. The van der Waals surface area contributed by atoms with E-state index in [2.05, 4.69) is 56.3 Å². The number of hydrogen-bond acceptors (Lipinski definition) is 7. The third kappa shape index (κ3) is 5.39. The number of amides is 1.